The molecule has 3 aromatic heterocycles. The summed E-state index contributed by atoms with van der Waals surface area (Å²) in [6.07, 6.45) is 3.33. The van der Waals surface area contributed by atoms with Crippen LogP contribution in [0.5, 0.6) is 0 Å². The van der Waals surface area contributed by atoms with E-state index >= 15 is 0 Å². The van der Waals surface area contributed by atoms with Crippen molar-refractivity contribution >= 4 is 33.9 Å². The number of aromatic nitrogens is 5. The molecule has 0 bridgehead atoms. The lowest BCUT2D eigenvalue weighted by Gasteiger charge is -2.22. The van der Waals surface area contributed by atoms with Crippen molar-refractivity contribution < 1.29 is 9.15 Å². The van der Waals surface area contributed by atoms with Crippen molar-refractivity contribution in [3.05, 3.63) is 46.7 Å². The number of thioether (sulfide) groups is 1. The minimum atomic E-state index is -0.185. The van der Waals surface area contributed by atoms with Gasteiger partial charge in [-0.25, -0.2) is 14.6 Å². The van der Waals surface area contributed by atoms with Gasteiger partial charge >= 0.3 is 0 Å². The van der Waals surface area contributed by atoms with Gasteiger partial charge in [0.2, 0.25) is 5.89 Å². The number of H-pyrrole nitrogens is 1. The van der Waals surface area contributed by atoms with Gasteiger partial charge in [-0.05, 0) is 31.9 Å². The summed E-state index contributed by atoms with van der Waals surface area (Å²) in [7, 11) is 0. The van der Waals surface area contributed by atoms with Gasteiger partial charge < -0.3 is 14.1 Å². The Hall–Kier alpha value is -2.65. The molecule has 1 aliphatic heterocycles. The molecule has 0 aliphatic carbocycles. The predicted molar refractivity (Wildman–Crippen MR) is 106 cm³/mol. The molecule has 5 rings (SSSR count). The second-order valence-electron chi connectivity index (χ2n) is 6.82. The second-order valence-corrected chi connectivity index (χ2v) is 8.15. The van der Waals surface area contributed by atoms with Crippen molar-refractivity contribution in [2.45, 2.75) is 36.2 Å². The van der Waals surface area contributed by atoms with Crippen LogP contribution in [0, 0.1) is 0 Å². The molecule has 1 atom stereocenters. The number of hydrogen-bond acceptors (Lipinski definition) is 7. The largest absolute Gasteiger partial charge is 0.439 e. The number of benzene rings is 1. The molecule has 144 valence electrons. The summed E-state index contributed by atoms with van der Waals surface area (Å²) in [6.45, 7) is 3.38. The summed E-state index contributed by atoms with van der Waals surface area (Å²) in [6, 6.07) is 7.85. The fraction of sp³-hybridized carbons (Fsp3) is 0.368. The van der Waals surface area contributed by atoms with E-state index < -0.39 is 0 Å². The third-order valence-electron chi connectivity index (χ3n) is 4.92. The van der Waals surface area contributed by atoms with Crippen LogP contribution in [0.15, 0.2) is 44.8 Å². The van der Waals surface area contributed by atoms with E-state index in [1.165, 1.54) is 11.8 Å². The lowest BCUT2D eigenvalue weighted by molar-refractivity contribution is 0.0673. The lowest BCUT2D eigenvalue weighted by Crippen LogP contribution is -2.21. The first-order chi connectivity index (χ1) is 13.7. The Balaban J connectivity index is 1.47. The maximum absolute atomic E-state index is 12.5. The van der Waals surface area contributed by atoms with Gasteiger partial charge in [0.1, 0.15) is 10.9 Å². The molecule has 1 aliphatic rings. The summed E-state index contributed by atoms with van der Waals surface area (Å²) < 4.78 is 13.1. The lowest BCUT2D eigenvalue weighted by atomic mass is 10.1. The number of para-hydroxylation sites is 2. The zero-order chi connectivity index (χ0) is 19.1. The van der Waals surface area contributed by atoms with Gasteiger partial charge in [-0.1, -0.05) is 23.9 Å². The van der Waals surface area contributed by atoms with Crippen molar-refractivity contribution in [2.75, 3.05) is 13.2 Å². The standard InChI is InChI=1S/C19H19N5O3S/c1-11(18-21-14-4-2-3-5-15(14)27-18)28-19-22-16-13(17(25)23-19)10-20-24(16)12-6-8-26-9-7-12/h2-5,10-12H,6-9H2,1H3,(H,22,23,25). The van der Waals surface area contributed by atoms with Gasteiger partial charge in [-0.15, -0.1) is 0 Å². The normalized spacial score (nSPS) is 16.8. The smallest absolute Gasteiger partial charge is 0.262 e. The minimum Gasteiger partial charge on any atom is -0.439 e. The molecule has 8 nitrogen and oxygen atoms in total. The summed E-state index contributed by atoms with van der Waals surface area (Å²) in [5.74, 6) is 0.604. The zero-order valence-electron chi connectivity index (χ0n) is 15.3. The van der Waals surface area contributed by atoms with Crippen LogP contribution in [0.2, 0.25) is 0 Å². The Labute approximate surface area is 164 Å². The van der Waals surface area contributed by atoms with Gasteiger partial charge in [0.15, 0.2) is 16.4 Å². The zero-order valence-corrected chi connectivity index (χ0v) is 16.1. The Morgan fingerprint density at radius 3 is 2.89 bits per heavy atom. The van der Waals surface area contributed by atoms with E-state index in [9.17, 15) is 4.79 Å². The summed E-state index contributed by atoms with van der Waals surface area (Å²) in [5.41, 5.74) is 2.00. The van der Waals surface area contributed by atoms with E-state index in [0.29, 0.717) is 35.3 Å². The maximum Gasteiger partial charge on any atom is 0.262 e. The quantitative estimate of drug-likeness (QED) is 0.416. The number of hydrogen-bond donors (Lipinski definition) is 1. The number of nitrogens with one attached hydrogen (secondary N) is 1. The first kappa shape index (κ1) is 17.4. The van der Waals surface area contributed by atoms with Crippen LogP contribution in [-0.2, 0) is 4.74 Å². The topological polar surface area (TPSA) is 98.8 Å². The Morgan fingerprint density at radius 1 is 1.25 bits per heavy atom. The fourth-order valence-corrected chi connectivity index (χ4v) is 4.28. The summed E-state index contributed by atoms with van der Waals surface area (Å²) >= 11 is 1.41. The molecule has 0 radical (unpaired) electrons. The molecule has 0 spiro atoms. The number of oxazole rings is 1. The van der Waals surface area contributed by atoms with Crippen LogP contribution in [0.4, 0.5) is 0 Å². The number of rotatable bonds is 4. The van der Waals surface area contributed by atoms with Gasteiger partial charge in [0.05, 0.1) is 17.5 Å². The van der Waals surface area contributed by atoms with Crippen LogP contribution in [0.1, 0.15) is 36.9 Å². The molecule has 1 unspecified atom stereocenters. The van der Waals surface area contributed by atoms with Crippen molar-refractivity contribution in [1.29, 1.82) is 0 Å². The third kappa shape index (κ3) is 3.10. The Bertz CT molecular complexity index is 1160. The van der Waals surface area contributed by atoms with Gasteiger partial charge in [-0.2, -0.15) is 5.10 Å². The van der Waals surface area contributed by atoms with Crippen molar-refractivity contribution in [1.82, 2.24) is 24.7 Å². The van der Waals surface area contributed by atoms with E-state index in [1.54, 1.807) is 6.20 Å². The molecule has 0 amide bonds. The van der Waals surface area contributed by atoms with E-state index in [1.807, 2.05) is 35.9 Å². The summed E-state index contributed by atoms with van der Waals surface area (Å²) in [5, 5.41) is 5.36. The third-order valence-corrected chi connectivity index (χ3v) is 5.90. The molecule has 1 fully saturated rings. The van der Waals surface area contributed by atoms with E-state index in [0.717, 1.165) is 23.9 Å². The molecule has 4 aromatic rings. The Kier molecular flexibility index (Phi) is 4.40. The van der Waals surface area contributed by atoms with Crippen molar-refractivity contribution in [2.24, 2.45) is 0 Å². The molecule has 28 heavy (non-hydrogen) atoms. The van der Waals surface area contributed by atoms with Gasteiger partial charge in [-0.3, -0.25) is 4.79 Å². The minimum absolute atomic E-state index is 0.104. The van der Waals surface area contributed by atoms with E-state index in [4.69, 9.17) is 9.15 Å². The van der Waals surface area contributed by atoms with Crippen LogP contribution in [0.3, 0.4) is 0 Å². The molecule has 1 aromatic carbocycles. The van der Waals surface area contributed by atoms with E-state index in [-0.39, 0.29) is 16.9 Å². The van der Waals surface area contributed by atoms with Crippen molar-refractivity contribution in [3.8, 4) is 0 Å². The fourth-order valence-electron chi connectivity index (χ4n) is 3.45. The maximum atomic E-state index is 12.5. The highest BCUT2D eigenvalue weighted by Gasteiger charge is 2.22. The SMILES string of the molecule is CC(Sc1nc2c(cnn2C2CCOCC2)c(=O)[nH]1)c1nc2ccccc2o1. The molecule has 1 saturated heterocycles. The first-order valence-electron chi connectivity index (χ1n) is 9.26. The van der Waals surface area contributed by atoms with Crippen LogP contribution < -0.4 is 5.56 Å². The number of ether oxygens (including phenoxy) is 1. The number of aromatic amines is 1. The van der Waals surface area contributed by atoms with Crippen LogP contribution in [0.25, 0.3) is 22.1 Å². The molecule has 1 N–H and O–H groups in total. The molecular weight excluding hydrogens is 378 g/mol. The molecule has 9 heteroatoms. The van der Waals surface area contributed by atoms with Gasteiger partial charge in [0.25, 0.3) is 5.56 Å². The monoisotopic (exact) mass is 397 g/mol. The highest BCUT2D eigenvalue weighted by atomic mass is 32.2. The number of nitrogens with zero attached hydrogens (tertiary/aromatic N) is 4. The highest BCUT2D eigenvalue weighted by Crippen LogP contribution is 2.34. The first-order valence-corrected chi connectivity index (χ1v) is 10.1. The average Bonchev–Trinajstić information content (AvgIpc) is 3.33. The van der Waals surface area contributed by atoms with E-state index in [2.05, 4.69) is 20.1 Å². The van der Waals surface area contributed by atoms with Gasteiger partial charge in [0, 0.05) is 13.2 Å². The van der Waals surface area contributed by atoms with Crippen molar-refractivity contribution in [3.63, 3.8) is 0 Å². The molecular formula is C19H19N5O3S. The average molecular weight is 397 g/mol. The molecule has 4 heterocycles. The van der Waals surface area contributed by atoms with Crippen LogP contribution >= 0.6 is 11.8 Å². The Morgan fingerprint density at radius 2 is 2.07 bits per heavy atom. The van der Waals surface area contributed by atoms with Crippen LogP contribution in [-0.4, -0.2) is 37.9 Å². The second kappa shape index (κ2) is 7.06. The predicted octanol–water partition coefficient (Wildman–Crippen LogP) is 3.47. The molecule has 0 saturated carbocycles. The summed E-state index contributed by atoms with van der Waals surface area (Å²) in [4.78, 5) is 24.6. The highest BCUT2D eigenvalue weighted by molar-refractivity contribution is 7.99. The number of fused-ring (bicyclic) bond motifs is 2.